The number of halogens is 1. The molecular weight excluding hydrogens is 278 g/mol. The van der Waals surface area contributed by atoms with Crippen LogP contribution in [0.2, 0.25) is 0 Å². The zero-order chi connectivity index (χ0) is 12.9. The van der Waals surface area contributed by atoms with Crippen molar-refractivity contribution in [2.75, 3.05) is 6.61 Å². The first kappa shape index (κ1) is 14.1. The molecule has 0 aliphatic heterocycles. The van der Waals surface area contributed by atoms with Gasteiger partial charge in [0.05, 0.1) is 4.47 Å². The smallest absolute Gasteiger partial charge is 0.148 e. The Morgan fingerprint density at radius 2 is 2.12 bits per heavy atom. The predicted octanol–water partition coefficient (Wildman–Crippen LogP) is 3.35. The van der Waals surface area contributed by atoms with Gasteiger partial charge in [-0.1, -0.05) is 12.0 Å². The van der Waals surface area contributed by atoms with E-state index in [0.717, 1.165) is 16.8 Å². The monoisotopic (exact) mass is 295 g/mol. The number of benzene rings is 1. The van der Waals surface area contributed by atoms with Crippen molar-refractivity contribution in [3.63, 3.8) is 0 Å². The topological polar surface area (TPSA) is 21.3 Å². The summed E-state index contributed by atoms with van der Waals surface area (Å²) in [5.74, 6) is 3.23. The summed E-state index contributed by atoms with van der Waals surface area (Å²) < 4.78 is 6.31. The van der Waals surface area contributed by atoms with Gasteiger partial charge in [0.2, 0.25) is 0 Å². The van der Waals surface area contributed by atoms with Gasteiger partial charge in [0, 0.05) is 12.1 Å². The van der Waals surface area contributed by atoms with Crippen LogP contribution in [0.25, 0.3) is 0 Å². The highest BCUT2D eigenvalue weighted by Gasteiger charge is 2.09. The molecule has 0 fully saturated rings. The van der Waals surface area contributed by atoms with Crippen molar-refractivity contribution in [2.45, 2.75) is 32.9 Å². The van der Waals surface area contributed by atoms with Crippen LogP contribution in [-0.4, -0.2) is 12.1 Å². The van der Waals surface area contributed by atoms with Gasteiger partial charge in [-0.05, 0) is 54.4 Å². The predicted molar refractivity (Wildman–Crippen MR) is 75.1 cm³/mol. The molecule has 0 spiro atoms. The molecule has 1 aromatic rings. The maximum absolute atomic E-state index is 5.38. The Bertz CT molecular complexity index is 415. The summed E-state index contributed by atoms with van der Waals surface area (Å²) in [6.45, 7) is 7.56. The van der Waals surface area contributed by atoms with Crippen LogP contribution in [0.4, 0.5) is 0 Å². The third-order valence-electron chi connectivity index (χ3n) is 2.13. The normalized spacial score (nSPS) is 11.0. The minimum Gasteiger partial charge on any atom is -0.480 e. The zero-order valence-electron chi connectivity index (χ0n) is 10.5. The third kappa shape index (κ3) is 5.25. The van der Waals surface area contributed by atoms with Crippen LogP contribution < -0.4 is 10.1 Å². The van der Waals surface area contributed by atoms with Crippen molar-refractivity contribution in [3.05, 3.63) is 28.2 Å². The van der Waals surface area contributed by atoms with Gasteiger partial charge in [-0.25, -0.2) is 0 Å². The van der Waals surface area contributed by atoms with E-state index in [-0.39, 0.29) is 12.1 Å². The van der Waals surface area contributed by atoms with Gasteiger partial charge in [-0.15, -0.1) is 6.42 Å². The maximum atomic E-state index is 5.38. The van der Waals surface area contributed by atoms with Gasteiger partial charge in [-0.2, -0.15) is 0 Å². The van der Waals surface area contributed by atoms with Gasteiger partial charge >= 0.3 is 0 Å². The van der Waals surface area contributed by atoms with Crippen molar-refractivity contribution in [2.24, 2.45) is 0 Å². The number of terminal acetylenes is 1. The summed E-state index contributed by atoms with van der Waals surface area (Å²) in [7, 11) is 0. The summed E-state index contributed by atoms with van der Waals surface area (Å²) in [6, 6.07) is 6.01. The first-order valence-corrected chi connectivity index (χ1v) is 6.31. The largest absolute Gasteiger partial charge is 0.480 e. The molecule has 92 valence electrons. The highest BCUT2D eigenvalue weighted by atomic mass is 79.9. The van der Waals surface area contributed by atoms with Crippen LogP contribution in [0.1, 0.15) is 26.3 Å². The molecule has 17 heavy (non-hydrogen) atoms. The van der Waals surface area contributed by atoms with E-state index in [2.05, 4.69) is 47.9 Å². The second-order valence-corrected chi connectivity index (χ2v) is 5.72. The first-order chi connectivity index (χ1) is 7.92. The lowest BCUT2D eigenvalue weighted by atomic mass is 10.1. The highest BCUT2D eigenvalue weighted by Crippen LogP contribution is 2.26. The van der Waals surface area contributed by atoms with Gasteiger partial charge in [-0.3, -0.25) is 0 Å². The van der Waals surface area contributed by atoms with Crippen molar-refractivity contribution in [1.82, 2.24) is 5.32 Å². The zero-order valence-corrected chi connectivity index (χ0v) is 12.1. The third-order valence-corrected chi connectivity index (χ3v) is 2.75. The Morgan fingerprint density at radius 3 is 2.65 bits per heavy atom. The van der Waals surface area contributed by atoms with Crippen LogP contribution in [0, 0.1) is 12.3 Å². The molecule has 0 radical (unpaired) electrons. The van der Waals surface area contributed by atoms with Crippen LogP contribution in [-0.2, 0) is 6.54 Å². The van der Waals surface area contributed by atoms with Crippen LogP contribution >= 0.6 is 15.9 Å². The number of nitrogens with one attached hydrogen (secondary N) is 1. The minimum absolute atomic E-state index is 0.116. The number of hydrogen-bond donors (Lipinski definition) is 1. The fourth-order valence-corrected chi connectivity index (χ4v) is 1.80. The Morgan fingerprint density at radius 1 is 1.41 bits per heavy atom. The Kier molecular flexibility index (Phi) is 5.04. The lowest BCUT2D eigenvalue weighted by Gasteiger charge is -2.20. The fourth-order valence-electron chi connectivity index (χ4n) is 1.26. The molecule has 0 bridgehead atoms. The van der Waals surface area contributed by atoms with E-state index in [1.807, 2.05) is 18.2 Å². The number of hydrogen-bond acceptors (Lipinski definition) is 2. The highest BCUT2D eigenvalue weighted by molar-refractivity contribution is 9.10. The van der Waals surface area contributed by atoms with Crippen molar-refractivity contribution in [1.29, 1.82) is 0 Å². The molecule has 1 N–H and O–H groups in total. The Labute approximate surface area is 112 Å². The summed E-state index contributed by atoms with van der Waals surface area (Å²) >= 11 is 3.48. The summed E-state index contributed by atoms with van der Waals surface area (Å²) in [5.41, 5.74) is 1.32. The number of rotatable bonds is 4. The maximum Gasteiger partial charge on any atom is 0.148 e. The molecule has 0 aliphatic rings. The molecule has 0 aliphatic carbocycles. The van der Waals surface area contributed by atoms with E-state index in [1.54, 1.807) is 0 Å². The second kappa shape index (κ2) is 6.09. The molecule has 0 heterocycles. The van der Waals surface area contributed by atoms with Crippen LogP contribution in [0.15, 0.2) is 22.7 Å². The van der Waals surface area contributed by atoms with Gasteiger partial charge in [0.25, 0.3) is 0 Å². The van der Waals surface area contributed by atoms with Gasteiger partial charge < -0.3 is 10.1 Å². The standard InChI is InChI=1S/C14H18BrNO/c1-5-8-17-13-7-6-11(9-12(13)15)10-16-14(2,3)4/h1,6-7,9,16H,8,10H2,2-4H3. The van der Waals surface area contributed by atoms with E-state index >= 15 is 0 Å². The Hall–Kier alpha value is -0.980. The molecule has 0 atom stereocenters. The van der Waals surface area contributed by atoms with E-state index in [9.17, 15) is 0 Å². The lowest BCUT2D eigenvalue weighted by molar-refractivity contribution is 0.367. The van der Waals surface area contributed by atoms with Crippen molar-refractivity contribution >= 4 is 15.9 Å². The molecule has 3 heteroatoms. The van der Waals surface area contributed by atoms with E-state index in [0.29, 0.717) is 0 Å². The van der Waals surface area contributed by atoms with Crippen molar-refractivity contribution in [3.8, 4) is 18.1 Å². The van der Waals surface area contributed by atoms with E-state index in [1.165, 1.54) is 5.56 Å². The summed E-state index contributed by atoms with van der Waals surface area (Å²) in [5, 5.41) is 3.43. The fraction of sp³-hybridized carbons (Fsp3) is 0.429. The molecule has 1 rings (SSSR count). The molecule has 0 aromatic heterocycles. The van der Waals surface area contributed by atoms with Crippen molar-refractivity contribution < 1.29 is 4.74 Å². The average molecular weight is 296 g/mol. The number of ether oxygens (including phenoxy) is 1. The summed E-state index contributed by atoms with van der Waals surface area (Å²) in [4.78, 5) is 0. The molecular formula is C14H18BrNO. The minimum atomic E-state index is 0.116. The van der Waals surface area contributed by atoms with Crippen LogP contribution in [0.5, 0.6) is 5.75 Å². The first-order valence-electron chi connectivity index (χ1n) is 5.52. The quantitative estimate of drug-likeness (QED) is 0.860. The molecule has 0 unspecified atom stereocenters. The van der Waals surface area contributed by atoms with E-state index < -0.39 is 0 Å². The average Bonchev–Trinajstić information content (AvgIpc) is 2.24. The van der Waals surface area contributed by atoms with E-state index in [4.69, 9.17) is 11.2 Å². The molecule has 0 amide bonds. The van der Waals surface area contributed by atoms with Crippen LogP contribution in [0.3, 0.4) is 0 Å². The molecule has 1 aromatic carbocycles. The molecule has 0 saturated carbocycles. The SMILES string of the molecule is C#CCOc1ccc(CNC(C)(C)C)cc1Br. The second-order valence-electron chi connectivity index (χ2n) is 4.86. The van der Waals surface area contributed by atoms with Gasteiger partial charge in [0.1, 0.15) is 12.4 Å². The summed E-state index contributed by atoms with van der Waals surface area (Å²) in [6.07, 6.45) is 5.15. The van der Waals surface area contributed by atoms with Gasteiger partial charge in [0.15, 0.2) is 0 Å². The Balaban J connectivity index is 2.66. The lowest BCUT2D eigenvalue weighted by Crippen LogP contribution is -2.35. The molecule has 0 saturated heterocycles. The molecule has 2 nitrogen and oxygen atoms in total.